The third kappa shape index (κ3) is 8.84. The van der Waals surface area contributed by atoms with Gasteiger partial charge in [0, 0.05) is 5.56 Å². The smallest absolute Gasteiger partial charge is 0.245 e. The molecule has 2 unspecified atom stereocenters. The van der Waals surface area contributed by atoms with E-state index in [0.717, 1.165) is 6.92 Å². The van der Waals surface area contributed by atoms with Crippen LogP contribution in [-0.2, 0) is 19.2 Å². The predicted molar refractivity (Wildman–Crippen MR) is 111 cm³/mol. The van der Waals surface area contributed by atoms with Crippen LogP contribution in [0.1, 0.15) is 17.3 Å². The van der Waals surface area contributed by atoms with E-state index in [4.69, 9.17) is 5.11 Å². The van der Waals surface area contributed by atoms with E-state index in [-0.39, 0.29) is 10.9 Å². The minimum absolute atomic E-state index is 0.307. The van der Waals surface area contributed by atoms with Crippen LogP contribution >= 0.6 is 11.8 Å². The summed E-state index contributed by atoms with van der Waals surface area (Å²) < 4.78 is 0. The molecule has 3 atom stereocenters. The summed E-state index contributed by atoms with van der Waals surface area (Å²) in [5, 5.41) is 34.0. The van der Waals surface area contributed by atoms with Gasteiger partial charge in [0.05, 0.1) is 25.6 Å². The highest BCUT2D eigenvalue weighted by molar-refractivity contribution is 8.14. The van der Waals surface area contributed by atoms with Gasteiger partial charge >= 0.3 is 0 Å². The second-order valence-corrected chi connectivity index (χ2v) is 7.29. The number of amides is 3. The molecule has 170 valence electrons. The van der Waals surface area contributed by atoms with Gasteiger partial charge in [0.1, 0.15) is 18.1 Å². The zero-order chi connectivity index (χ0) is 23.4. The average molecular weight is 455 g/mol. The van der Waals surface area contributed by atoms with Crippen LogP contribution in [0.4, 0.5) is 0 Å². The van der Waals surface area contributed by atoms with E-state index < -0.39 is 61.5 Å². The standard InChI is InChI=1S/C19H25N3O8S/c1-11(26)13(7-23)21-18(29)15(9-25)22-17(28)14(8-24)20-16(27)10-31-19(30)12-5-3-2-4-6-12/h2-6,13-15,23-25H,7-10H2,1H3,(H,20,27)(H,21,29)(H,22,28)/t13?,14?,15-/m1/s1. The van der Waals surface area contributed by atoms with Gasteiger partial charge in [-0.15, -0.1) is 0 Å². The Labute approximate surface area is 182 Å². The molecule has 0 saturated heterocycles. The number of aliphatic hydroxyl groups is 3. The molecule has 0 spiro atoms. The van der Waals surface area contributed by atoms with Crippen molar-refractivity contribution in [2.45, 2.75) is 25.0 Å². The average Bonchev–Trinajstić information content (AvgIpc) is 2.77. The number of aliphatic hydroxyl groups excluding tert-OH is 3. The summed E-state index contributed by atoms with van der Waals surface area (Å²) in [4.78, 5) is 59.7. The maximum Gasteiger partial charge on any atom is 0.245 e. The van der Waals surface area contributed by atoms with Gasteiger partial charge in [-0.05, 0) is 6.92 Å². The topological polar surface area (TPSA) is 182 Å². The fourth-order valence-electron chi connectivity index (χ4n) is 2.23. The summed E-state index contributed by atoms with van der Waals surface area (Å²) in [6, 6.07) is 4.13. The quantitative estimate of drug-likeness (QED) is 0.200. The Hall–Kier alpha value is -2.80. The van der Waals surface area contributed by atoms with Gasteiger partial charge in [-0.3, -0.25) is 24.0 Å². The first-order valence-electron chi connectivity index (χ1n) is 9.18. The first kappa shape index (κ1) is 26.2. The molecule has 1 rings (SSSR count). The molecule has 1 aromatic rings. The summed E-state index contributed by atoms with van der Waals surface area (Å²) in [6.45, 7) is -1.16. The highest BCUT2D eigenvalue weighted by Crippen LogP contribution is 2.11. The van der Waals surface area contributed by atoms with Gasteiger partial charge in [-0.25, -0.2) is 0 Å². The highest BCUT2D eigenvalue weighted by Gasteiger charge is 2.28. The van der Waals surface area contributed by atoms with Crippen molar-refractivity contribution in [1.82, 2.24) is 16.0 Å². The first-order valence-corrected chi connectivity index (χ1v) is 10.2. The van der Waals surface area contributed by atoms with Crippen molar-refractivity contribution < 1.29 is 39.3 Å². The predicted octanol–water partition coefficient (Wildman–Crippen LogP) is -2.42. The van der Waals surface area contributed by atoms with E-state index in [1.807, 2.05) is 0 Å². The van der Waals surface area contributed by atoms with E-state index in [0.29, 0.717) is 17.3 Å². The van der Waals surface area contributed by atoms with Crippen molar-refractivity contribution in [3.63, 3.8) is 0 Å². The van der Waals surface area contributed by atoms with Crippen molar-refractivity contribution in [3.8, 4) is 0 Å². The fourth-order valence-corrected chi connectivity index (χ4v) is 2.88. The van der Waals surface area contributed by atoms with E-state index in [1.54, 1.807) is 30.3 Å². The number of thioether (sulfide) groups is 1. The molecule has 31 heavy (non-hydrogen) atoms. The molecule has 0 aromatic heterocycles. The normalized spacial score (nSPS) is 13.4. The largest absolute Gasteiger partial charge is 0.394 e. The van der Waals surface area contributed by atoms with Crippen LogP contribution in [0.3, 0.4) is 0 Å². The molecule has 3 amide bonds. The van der Waals surface area contributed by atoms with Gasteiger partial charge in [0.2, 0.25) is 22.8 Å². The minimum Gasteiger partial charge on any atom is -0.394 e. The lowest BCUT2D eigenvalue weighted by Gasteiger charge is -2.22. The Morgan fingerprint density at radius 3 is 1.77 bits per heavy atom. The summed E-state index contributed by atoms with van der Waals surface area (Å²) in [7, 11) is 0. The molecule has 0 radical (unpaired) electrons. The third-order valence-corrected chi connectivity index (χ3v) is 4.89. The minimum atomic E-state index is -1.49. The van der Waals surface area contributed by atoms with Crippen molar-refractivity contribution in [2.24, 2.45) is 0 Å². The lowest BCUT2D eigenvalue weighted by Crippen LogP contribution is -2.58. The molecule has 0 fully saturated rings. The number of nitrogens with one attached hydrogen (secondary N) is 3. The van der Waals surface area contributed by atoms with Crippen LogP contribution in [0.2, 0.25) is 0 Å². The SMILES string of the molecule is CC(=O)C(CO)NC(=O)[C@@H](CO)NC(=O)C(CO)NC(=O)CSC(=O)c1ccccc1. The highest BCUT2D eigenvalue weighted by atomic mass is 32.2. The maximum absolute atomic E-state index is 12.3. The Kier molecular flexibility index (Phi) is 11.4. The molecule has 0 saturated carbocycles. The van der Waals surface area contributed by atoms with Gasteiger partial charge in [-0.2, -0.15) is 0 Å². The van der Waals surface area contributed by atoms with Gasteiger partial charge in [0.15, 0.2) is 5.78 Å². The number of hydrogen-bond acceptors (Lipinski definition) is 9. The third-order valence-electron chi connectivity index (χ3n) is 3.98. The number of benzene rings is 1. The Balaban J connectivity index is 2.60. The molecule has 0 aliphatic heterocycles. The van der Waals surface area contributed by atoms with E-state index >= 15 is 0 Å². The number of rotatable bonds is 12. The molecule has 0 aliphatic carbocycles. The number of Topliss-reactive ketones (excluding diaryl/α,β-unsaturated/α-hetero) is 1. The van der Waals surface area contributed by atoms with E-state index in [2.05, 4.69) is 16.0 Å². The van der Waals surface area contributed by atoms with Crippen LogP contribution in [0.15, 0.2) is 30.3 Å². The van der Waals surface area contributed by atoms with Crippen LogP contribution in [0, 0.1) is 0 Å². The van der Waals surface area contributed by atoms with Gasteiger partial charge < -0.3 is 31.3 Å². The van der Waals surface area contributed by atoms with Gasteiger partial charge in [-0.1, -0.05) is 42.1 Å². The second kappa shape index (κ2) is 13.5. The molecule has 6 N–H and O–H groups in total. The number of carbonyl (C=O) groups excluding carboxylic acids is 5. The fraction of sp³-hybridized carbons (Fsp3) is 0.421. The van der Waals surface area contributed by atoms with E-state index in [1.165, 1.54) is 0 Å². The summed E-state index contributed by atoms with van der Waals surface area (Å²) >= 11 is 0.713. The van der Waals surface area contributed by atoms with E-state index in [9.17, 15) is 34.2 Å². The first-order chi connectivity index (χ1) is 14.7. The van der Waals surface area contributed by atoms with Crippen LogP contribution in [0.5, 0.6) is 0 Å². The van der Waals surface area contributed by atoms with Gasteiger partial charge in [0.25, 0.3) is 0 Å². The Morgan fingerprint density at radius 1 is 0.806 bits per heavy atom. The molecule has 0 heterocycles. The number of ketones is 1. The monoisotopic (exact) mass is 455 g/mol. The lowest BCUT2D eigenvalue weighted by molar-refractivity contribution is -0.134. The molecule has 0 aliphatic rings. The van der Waals surface area contributed by atoms with Crippen molar-refractivity contribution in [3.05, 3.63) is 35.9 Å². The Bertz CT molecular complexity index is 790. The molecule has 11 nitrogen and oxygen atoms in total. The number of hydrogen-bond donors (Lipinski definition) is 6. The van der Waals surface area contributed by atoms with Crippen LogP contribution in [0.25, 0.3) is 0 Å². The summed E-state index contributed by atoms with van der Waals surface area (Å²) in [5.41, 5.74) is 0.403. The number of carbonyl (C=O) groups is 5. The molecule has 12 heteroatoms. The lowest BCUT2D eigenvalue weighted by atomic mass is 10.2. The zero-order valence-electron chi connectivity index (χ0n) is 16.7. The van der Waals surface area contributed by atoms with Crippen molar-refractivity contribution in [1.29, 1.82) is 0 Å². The molecular weight excluding hydrogens is 430 g/mol. The summed E-state index contributed by atoms with van der Waals surface area (Å²) in [5.74, 6) is -3.43. The molecule has 1 aromatic carbocycles. The Morgan fingerprint density at radius 2 is 1.29 bits per heavy atom. The zero-order valence-corrected chi connectivity index (χ0v) is 17.6. The van der Waals surface area contributed by atoms with Crippen LogP contribution < -0.4 is 16.0 Å². The van der Waals surface area contributed by atoms with Crippen molar-refractivity contribution >= 4 is 40.4 Å². The summed E-state index contributed by atoms with van der Waals surface area (Å²) in [6.07, 6.45) is 0. The maximum atomic E-state index is 12.3. The molecular formula is C19H25N3O8S. The second-order valence-electron chi connectivity index (χ2n) is 6.34. The van der Waals surface area contributed by atoms with Crippen LogP contribution in [-0.4, -0.2) is 87.6 Å². The molecule has 0 bridgehead atoms. The van der Waals surface area contributed by atoms with Crippen molar-refractivity contribution in [2.75, 3.05) is 25.6 Å².